The second-order valence-electron chi connectivity index (χ2n) is 9.70. The van der Waals surface area contributed by atoms with Crippen LogP contribution in [-0.2, 0) is 25.6 Å². The average Bonchev–Trinajstić information content (AvgIpc) is 2.86. The van der Waals surface area contributed by atoms with E-state index >= 15 is 0 Å². The van der Waals surface area contributed by atoms with Gasteiger partial charge in [-0.3, -0.25) is 39.2 Å². The van der Waals surface area contributed by atoms with Gasteiger partial charge in [0.05, 0.1) is 6.04 Å². The first kappa shape index (κ1) is 23.7. The molecule has 0 aromatic heterocycles. The topological polar surface area (TPSA) is 131 Å². The van der Waals surface area contributed by atoms with Gasteiger partial charge < -0.3 is 9.80 Å². The minimum absolute atomic E-state index is 0.0620. The van der Waals surface area contributed by atoms with Crippen molar-refractivity contribution in [3.63, 3.8) is 0 Å². The molecule has 0 bridgehead atoms. The summed E-state index contributed by atoms with van der Waals surface area (Å²) in [5, 5.41) is 2.12. The van der Waals surface area contributed by atoms with Crippen LogP contribution in [-0.4, -0.2) is 109 Å². The van der Waals surface area contributed by atoms with Gasteiger partial charge in [0.25, 0.3) is 11.8 Å². The highest BCUT2D eigenvalue weighted by molar-refractivity contribution is 6.30. The lowest BCUT2D eigenvalue weighted by atomic mass is 9.67. The first-order chi connectivity index (χ1) is 17.0. The highest BCUT2D eigenvalue weighted by atomic mass is 16.2. The molecule has 1 aromatic rings. The number of likely N-dealkylation sites (N-methyl/N-ethyl adjacent to an activating group) is 2. The number of fused-ring (bicyclic) bond motifs is 4. The summed E-state index contributed by atoms with van der Waals surface area (Å²) in [7, 11) is 5.97. The van der Waals surface area contributed by atoms with E-state index in [0.29, 0.717) is 24.2 Å². The van der Waals surface area contributed by atoms with Gasteiger partial charge in [-0.2, -0.15) is 0 Å². The number of carbonyl (C=O) groups is 6. The smallest absolute Gasteiger partial charge is 0.332 e. The molecule has 12 nitrogen and oxygen atoms in total. The van der Waals surface area contributed by atoms with Crippen LogP contribution < -0.4 is 10.2 Å². The normalized spacial score (nSPS) is 25.6. The molecule has 1 unspecified atom stereocenters. The van der Waals surface area contributed by atoms with Crippen LogP contribution in [0.5, 0.6) is 0 Å². The Kier molecular flexibility index (Phi) is 5.25. The van der Waals surface area contributed by atoms with Crippen LogP contribution in [0.4, 0.5) is 15.3 Å². The first-order valence-electron chi connectivity index (χ1n) is 11.5. The third-order valence-electron chi connectivity index (χ3n) is 7.60. The molecule has 0 aliphatic carbocycles. The molecular formula is C24H26N6O6. The SMILES string of the molecule is CN1CCN2c3ccc(C=C4C(=O)NC(=O)N(C)C4=O)cc3CC3(C(=O)N(C)C(=O)N(C)C3=O)C2C1. The van der Waals surface area contributed by atoms with Crippen LogP contribution in [0, 0.1) is 5.41 Å². The summed E-state index contributed by atoms with van der Waals surface area (Å²) in [6, 6.07) is 3.40. The number of amides is 8. The van der Waals surface area contributed by atoms with Gasteiger partial charge in [-0.25, -0.2) is 9.59 Å². The number of nitrogens with one attached hydrogen (secondary N) is 1. The number of imide groups is 4. The minimum Gasteiger partial charge on any atom is -0.364 e. The maximum Gasteiger partial charge on any atom is 0.332 e. The number of benzene rings is 1. The predicted molar refractivity (Wildman–Crippen MR) is 126 cm³/mol. The van der Waals surface area contributed by atoms with Crippen molar-refractivity contribution in [1.82, 2.24) is 24.9 Å². The van der Waals surface area contributed by atoms with Crippen LogP contribution in [0.15, 0.2) is 23.8 Å². The van der Waals surface area contributed by atoms with Crippen molar-refractivity contribution < 1.29 is 28.8 Å². The van der Waals surface area contributed by atoms with E-state index in [9.17, 15) is 28.8 Å². The van der Waals surface area contributed by atoms with Gasteiger partial charge in [0, 0.05) is 46.5 Å². The van der Waals surface area contributed by atoms with E-state index < -0.39 is 47.1 Å². The number of hydrogen-bond acceptors (Lipinski definition) is 8. The van der Waals surface area contributed by atoms with Crippen LogP contribution >= 0.6 is 0 Å². The molecular weight excluding hydrogens is 468 g/mol. The highest BCUT2D eigenvalue weighted by Gasteiger charge is 2.63. The summed E-state index contributed by atoms with van der Waals surface area (Å²) in [5.41, 5.74) is 0.350. The average molecular weight is 495 g/mol. The fraction of sp³-hybridized carbons (Fsp3) is 0.417. The Hall–Kier alpha value is -4.06. The zero-order valence-electron chi connectivity index (χ0n) is 20.4. The van der Waals surface area contributed by atoms with Crippen molar-refractivity contribution in [1.29, 1.82) is 0 Å². The lowest BCUT2D eigenvalue weighted by molar-refractivity contribution is -0.160. The third-order valence-corrected chi connectivity index (χ3v) is 7.60. The van der Waals surface area contributed by atoms with E-state index in [0.717, 1.165) is 26.9 Å². The molecule has 1 spiro atoms. The lowest BCUT2D eigenvalue weighted by Gasteiger charge is -2.55. The van der Waals surface area contributed by atoms with Gasteiger partial charge >= 0.3 is 12.1 Å². The quantitative estimate of drug-likeness (QED) is 0.314. The molecule has 12 heteroatoms. The molecule has 5 rings (SSSR count). The molecule has 188 valence electrons. The minimum atomic E-state index is -1.50. The number of rotatable bonds is 1. The zero-order chi connectivity index (χ0) is 26.1. The molecule has 1 N–H and O–H groups in total. The fourth-order valence-corrected chi connectivity index (χ4v) is 5.60. The van der Waals surface area contributed by atoms with Gasteiger partial charge in [-0.15, -0.1) is 0 Å². The Bertz CT molecular complexity index is 1260. The maximum absolute atomic E-state index is 13.7. The molecule has 1 atom stereocenters. The van der Waals surface area contributed by atoms with Crippen molar-refractivity contribution in [3.05, 3.63) is 34.9 Å². The molecule has 8 amide bonds. The van der Waals surface area contributed by atoms with Crippen LogP contribution in [0.2, 0.25) is 0 Å². The van der Waals surface area contributed by atoms with Crippen LogP contribution in [0.3, 0.4) is 0 Å². The second kappa shape index (κ2) is 7.98. The number of urea groups is 2. The Balaban J connectivity index is 1.62. The molecule has 3 saturated heterocycles. The van der Waals surface area contributed by atoms with E-state index in [1.165, 1.54) is 27.2 Å². The fourth-order valence-electron chi connectivity index (χ4n) is 5.60. The monoisotopic (exact) mass is 494 g/mol. The predicted octanol–water partition coefficient (Wildman–Crippen LogP) is -0.508. The number of nitrogens with zero attached hydrogens (tertiary/aromatic N) is 5. The molecule has 4 heterocycles. The molecule has 1 aromatic carbocycles. The van der Waals surface area contributed by atoms with E-state index in [4.69, 9.17) is 0 Å². The van der Waals surface area contributed by atoms with Crippen LogP contribution in [0.25, 0.3) is 6.08 Å². The van der Waals surface area contributed by atoms with E-state index in [1.54, 1.807) is 12.1 Å². The van der Waals surface area contributed by atoms with Crippen LogP contribution in [0.1, 0.15) is 11.1 Å². The summed E-state index contributed by atoms with van der Waals surface area (Å²) in [6.45, 7) is 1.76. The number of hydrogen-bond donors (Lipinski definition) is 1. The number of anilines is 1. The van der Waals surface area contributed by atoms with Gasteiger partial charge in [0.2, 0.25) is 11.8 Å². The third kappa shape index (κ3) is 3.17. The van der Waals surface area contributed by atoms with Crippen molar-refractivity contribution in [2.24, 2.45) is 5.41 Å². The summed E-state index contributed by atoms with van der Waals surface area (Å²) >= 11 is 0. The molecule has 4 aliphatic heterocycles. The molecule has 0 saturated carbocycles. The summed E-state index contributed by atoms with van der Waals surface area (Å²) < 4.78 is 0. The number of carbonyl (C=O) groups excluding carboxylic acids is 6. The van der Waals surface area contributed by atoms with E-state index in [-0.39, 0.29) is 12.0 Å². The maximum atomic E-state index is 13.7. The van der Waals surface area contributed by atoms with E-state index in [1.807, 2.05) is 18.0 Å². The summed E-state index contributed by atoms with van der Waals surface area (Å²) in [5.74, 6) is -2.61. The van der Waals surface area contributed by atoms with Gasteiger partial charge in [0.15, 0.2) is 5.41 Å². The summed E-state index contributed by atoms with van der Waals surface area (Å²) in [6.07, 6.45) is 1.45. The second-order valence-corrected chi connectivity index (χ2v) is 9.70. The zero-order valence-corrected chi connectivity index (χ0v) is 20.4. The Morgan fingerprint density at radius 3 is 2.25 bits per heavy atom. The first-order valence-corrected chi connectivity index (χ1v) is 11.5. The highest BCUT2D eigenvalue weighted by Crippen LogP contribution is 2.47. The standard InChI is InChI=1S/C24H26N6O6/c1-26-7-8-30-16-6-5-13(10-15-18(31)25-22(35)27(2)19(15)32)9-14(16)11-24(17(30)12-26)20(33)28(3)23(36)29(4)21(24)34/h5-6,9-10,17H,7-8,11-12H2,1-4H3,(H,25,31,35). The van der Waals surface area contributed by atoms with Crippen molar-refractivity contribution >= 4 is 47.5 Å². The van der Waals surface area contributed by atoms with Gasteiger partial charge in [-0.1, -0.05) is 6.07 Å². The van der Waals surface area contributed by atoms with Crippen molar-refractivity contribution in [2.75, 3.05) is 52.7 Å². The lowest BCUT2D eigenvalue weighted by Crippen LogP contribution is -2.74. The Morgan fingerprint density at radius 2 is 1.58 bits per heavy atom. The number of piperazine rings is 1. The molecule has 36 heavy (non-hydrogen) atoms. The van der Waals surface area contributed by atoms with Crippen molar-refractivity contribution in [3.8, 4) is 0 Å². The molecule has 0 radical (unpaired) electrons. The van der Waals surface area contributed by atoms with Gasteiger partial charge in [0.1, 0.15) is 5.57 Å². The Morgan fingerprint density at radius 1 is 0.917 bits per heavy atom. The number of barbiturate groups is 2. The van der Waals surface area contributed by atoms with Gasteiger partial charge in [-0.05, 0) is 42.8 Å². The van der Waals surface area contributed by atoms with E-state index in [2.05, 4.69) is 10.2 Å². The molecule has 3 fully saturated rings. The Labute approximate surface area is 207 Å². The molecule has 4 aliphatic rings. The summed E-state index contributed by atoms with van der Waals surface area (Å²) in [4.78, 5) is 83.3. The van der Waals surface area contributed by atoms with Crippen molar-refractivity contribution in [2.45, 2.75) is 12.5 Å². The largest absolute Gasteiger partial charge is 0.364 e.